The Balaban J connectivity index is 1.76. The first-order chi connectivity index (χ1) is 8.33. The Morgan fingerprint density at radius 1 is 1.35 bits per heavy atom. The average molecular weight is 231 g/mol. The third-order valence-corrected chi connectivity index (χ3v) is 3.36. The van der Waals surface area contributed by atoms with Crippen molar-refractivity contribution in [1.82, 2.24) is 25.3 Å². The zero-order valence-corrected chi connectivity index (χ0v) is 9.93. The van der Waals surface area contributed by atoms with E-state index in [4.69, 9.17) is 0 Å². The summed E-state index contributed by atoms with van der Waals surface area (Å²) in [5.41, 5.74) is 1.12. The molecule has 0 unspecified atom stereocenters. The van der Waals surface area contributed by atoms with Crippen LogP contribution in [0.4, 0.5) is 0 Å². The van der Waals surface area contributed by atoms with Gasteiger partial charge in [-0.2, -0.15) is 10.2 Å². The SMILES string of the molecule is C[C@H]1CC[C@H](c2ccn(-c3ccn[nH]3)n2)NC1. The summed E-state index contributed by atoms with van der Waals surface area (Å²) in [5, 5.41) is 15.0. The third-order valence-electron chi connectivity index (χ3n) is 3.36. The summed E-state index contributed by atoms with van der Waals surface area (Å²) in [6.45, 7) is 3.37. The molecule has 1 aliphatic heterocycles. The van der Waals surface area contributed by atoms with Crippen LogP contribution in [0.1, 0.15) is 31.5 Å². The smallest absolute Gasteiger partial charge is 0.149 e. The van der Waals surface area contributed by atoms with Crippen LogP contribution in [0.25, 0.3) is 5.82 Å². The van der Waals surface area contributed by atoms with Gasteiger partial charge >= 0.3 is 0 Å². The van der Waals surface area contributed by atoms with E-state index >= 15 is 0 Å². The van der Waals surface area contributed by atoms with Crippen molar-refractivity contribution in [2.24, 2.45) is 5.92 Å². The molecule has 1 saturated heterocycles. The largest absolute Gasteiger partial charge is 0.308 e. The van der Waals surface area contributed by atoms with Gasteiger partial charge in [0, 0.05) is 12.3 Å². The van der Waals surface area contributed by atoms with Gasteiger partial charge in [-0.3, -0.25) is 5.10 Å². The summed E-state index contributed by atoms with van der Waals surface area (Å²) in [7, 11) is 0. The van der Waals surface area contributed by atoms with E-state index in [1.54, 1.807) is 6.20 Å². The lowest BCUT2D eigenvalue weighted by molar-refractivity contribution is 0.328. The van der Waals surface area contributed by atoms with Crippen molar-refractivity contribution in [2.75, 3.05) is 6.54 Å². The topological polar surface area (TPSA) is 58.5 Å². The van der Waals surface area contributed by atoms with Gasteiger partial charge in [-0.25, -0.2) is 4.68 Å². The predicted octanol–water partition coefficient (Wildman–Crippen LogP) is 1.66. The summed E-state index contributed by atoms with van der Waals surface area (Å²) >= 11 is 0. The molecule has 90 valence electrons. The molecule has 5 nitrogen and oxygen atoms in total. The molecule has 1 aliphatic rings. The van der Waals surface area contributed by atoms with Crippen LogP contribution in [0.15, 0.2) is 24.5 Å². The summed E-state index contributed by atoms with van der Waals surface area (Å²) < 4.78 is 1.84. The molecule has 0 bridgehead atoms. The standard InChI is InChI=1S/C12H17N5/c1-9-2-3-10(13-8-9)11-5-7-17(16-11)12-4-6-14-15-12/h4-7,9-10,13H,2-3,8H2,1H3,(H,14,15)/t9-,10+/m0/s1. The Kier molecular flexibility index (Phi) is 2.68. The number of aromatic amines is 1. The molecule has 2 atom stereocenters. The number of nitrogens with one attached hydrogen (secondary N) is 2. The lowest BCUT2D eigenvalue weighted by Crippen LogP contribution is -2.32. The van der Waals surface area contributed by atoms with Gasteiger partial charge in [-0.15, -0.1) is 0 Å². The lowest BCUT2D eigenvalue weighted by Gasteiger charge is -2.26. The van der Waals surface area contributed by atoms with Gasteiger partial charge in [0.1, 0.15) is 5.82 Å². The second-order valence-corrected chi connectivity index (χ2v) is 4.77. The van der Waals surface area contributed by atoms with Crippen molar-refractivity contribution in [3.05, 3.63) is 30.2 Å². The number of nitrogens with zero attached hydrogens (tertiary/aromatic N) is 3. The first-order valence-electron chi connectivity index (χ1n) is 6.11. The third kappa shape index (κ3) is 2.10. The maximum atomic E-state index is 4.58. The van der Waals surface area contributed by atoms with Gasteiger partial charge in [-0.05, 0) is 31.4 Å². The highest BCUT2D eigenvalue weighted by Gasteiger charge is 2.20. The Morgan fingerprint density at radius 3 is 3.00 bits per heavy atom. The van der Waals surface area contributed by atoms with E-state index in [-0.39, 0.29) is 0 Å². The second kappa shape index (κ2) is 4.33. The molecule has 17 heavy (non-hydrogen) atoms. The normalized spacial score (nSPS) is 25.0. The molecule has 3 rings (SSSR count). The van der Waals surface area contributed by atoms with Gasteiger partial charge in [-0.1, -0.05) is 6.92 Å². The lowest BCUT2D eigenvalue weighted by atomic mass is 9.95. The van der Waals surface area contributed by atoms with Crippen molar-refractivity contribution in [3.8, 4) is 5.82 Å². The summed E-state index contributed by atoms with van der Waals surface area (Å²) in [6, 6.07) is 4.39. The molecule has 2 aromatic heterocycles. The highest BCUT2D eigenvalue weighted by atomic mass is 15.3. The Hall–Kier alpha value is -1.62. The molecule has 5 heteroatoms. The summed E-state index contributed by atoms with van der Waals surface area (Å²) in [6.07, 6.45) is 6.15. The Labute approximate surface area is 100 Å². The van der Waals surface area contributed by atoms with E-state index in [1.807, 2.05) is 16.9 Å². The highest BCUT2D eigenvalue weighted by Crippen LogP contribution is 2.24. The fraction of sp³-hybridized carbons (Fsp3) is 0.500. The van der Waals surface area contributed by atoms with Crippen molar-refractivity contribution in [1.29, 1.82) is 0 Å². The molecule has 0 spiro atoms. The van der Waals surface area contributed by atoms with Gasteiger partial charge in [0.25, 0.3) is 0 Å². The Morgan fingerprint density at radius 2 is 2.29 bits per heavy atom. The first-order valence-corrected chi connectivity index (χ1v) is 6.11. The Bertz CT molecular complexity index is 465. The van der Waals surface area contributed by atoms with E-state index in [9.17, 15) is 0 Å². The van der Waals surface area contributed by atoms with Gasteiger partial charge in [0.15, 0.2) is 0 Å². The molecule has 0 aromatic carbocycles. The van der Waals surface area contributed by atoms with Gasteiger partial charge < -0.3 is 5.32 Å². The van der Waals surface area contributed by atoms with Gasteiger partial charge in [0.2, 0.25) is 0 Å². The van der Waals surface area contributed by atoms with Crippen LogP contribution in [0.3, 0.4) is 0 Å². The van der Waals surface area contributed by atoms with Crippen molar-refractivity contribution in [3.63, 3.8) is 0 Å². The molecular weight excluding hydrogens is 214 g/mol. The first kappa shape index (κ1) is 10.5. The van der Waals surface area contributed by atoms with Crippen LogP contribution < -0.4 is 5.32 Å². The quantitative estimate of drug-likeness (QED) is 0.826. The van der Waals surface area contributed by atoms with Crippen LogP contribution in [0, 0.1) is 5.92 Å². The van der Waals surface area contributed by atoms with Crippen LogP contribution in [-0.2, 0) is 0 Å². The fourth-order valence-electron chi connectivity index (χ4n) is 2.29. The molecule has 0 amide bonds. The molecule has 3 heterocycles. The molecule has 0 aliphatic carbocycles. The number of H-pyrrole nitrogens is 1. The number of hydrogen-bond donors (Lipinski definition) is 2. The monoisotopic (exact) mass is 231 g/mol. The van der Waals surface area contributed by atoms with Crippen molar-refractivity contribution >= 4 is 0 Å². The minimum atomic E-state index is 0.398. The van der Waals surface area contributed by atoms with Crippen molar-refractivity contribution < 1.29 is 0 Å². The molecule has 2 N–H and O–H groups in total. The summed E-state index contributed by atoms with van der Waals surface area (Å²) in [5.74, 6) is 1.68. The fourth-order valence-corrected chi connectivity index (χ4v) is 2.29. The van der Waals surface area contributed by atoms with Crippen LogP contribution in [0.5, 0.6) is 0 Å². The maximum absolute atomic E-state index is 4.58. The van der Waals surface area contributed by atoms with Crippen LogP contribution in [-0.4, -0.2) is 26.5 Å². The zero-order chi connectivity index (χ0) is 11.7. The number of hydrogen-bond acceptors (Lipinski definition) is 3. The average Bonchev–Trinajstić information content (AvgIpc) is 3.00. The van der Waals surface area contributed by atoms with E-state index in [2.05, 4.69) is 33.6 Å². The van der Waals surface area contributed by atoms with E-state index in [1.165, 1.54) is 12.8 Å². The number of rotatable bonds is 2. The van der Waals surface area contributed by atoms with Crippen LogP contribution >= 0.6 is 0 Å². The predicted molar refractivity (Wildman–Crippen MR) is 64.9 cm³/mol. The highest BCUT2D eigenvalue weighted by molar-refractivity contribution is 5.20. The number of aromatic nitrogens is 4. The second-order valence-electron chi connectivity index (χ2n) is 4.77. The minimum absolute atomic E-state index is 0.398. The molecule has 0 saturated carbocycles. The van der Waals surface area contributed by atoms with Crippen LogP contribution in [0.2, 0.25) is 0 Å². The molecular formula is C12H17N5. The maximum Gasteiger partial charge on any atom is 0.149 e. The minimum Gasteiger partial charge on any atom is -0.308 e. The van der Waals surface area contributed by atoms with E-state index in [0.717, 1.165) is 24.0 Å². The molecule has 0 radical (unpaired) electrons. The van der Waals surface area contributed by atoms with Gasteiger partial charge in [0.05, 0.1) is 17.9 Å². The molecule has 2 aromatic rings. The van der Waals surface area contributed by atoms with E-state index in [0.29, 0.717) is 6.04 Å². The van der Waals surface area contributed by atoms with E-state index < -0.39 is 0 Å². The van der Waals surface area contributed by atoms with Crippen molar-refractivity contribution in [2.45, 2.75) is 25.8 Å². The summed E-state index contributed by atoms with van der Waals surface area (Å²) in [4.78, 5) is 0. The zero-order valence-electron chi connectivity index (χ0n) is 9.93. The molecule has 1 fully saturated rings. The number of piperidine rings is 1.